The average molecular weight is 299 g/mol. The van der Waals surface area contributed by atoms with Crippen LogP contribution in [0.3, 0.4) is 0 Å². The minimum atomic E-state index is -0.453. The number of carbonyl (C=O) groups excluding carboxylic acids is 1. The number of nitrogens with one attached hydrogen (secondary N) is 1. The van der Waals surface area contributed by atoms with Gasteiger partial charge in [-0.25, -0.2) is 0 Å². The van der Waals surface area contributed by atoms with Crippen LogP contribution in [0, 0.1) is 11.3 Å². The second-order valence-electron chi connectivity index (χ2n) is 3.59. The van der Waals surface area contributed by atoms with Crippen molar-refractivity contribution in [1.29, 1.82) is 5.26 Å². The van der Waals surface area contributed by atoms with Crippen molar-refractivity contribution < 1.29 is 9.53 Å². The second kappa shape index (κ2) is 7.80. The summed E-state index contributed by atoms with van der Waals surface area (Å²) in [6.45, 7) is 0.729. The lowest BCUT2D eigenvalue weighted by Crippen LogP contribution is -2.27. The van der Waals surface area contributed by atoms with E-state index in [0.717, 1.165) is 0 Å². The summed E-state index contributed by atoms with van der Waals surface area (Å²) < 4.78 is 4.80. The lowest BCUT2D eigenvalue weighted by Gasteiger charge is -2.03. The van der Waals surface area contributed by atoms with Gasteiger partial charge in [-0.2, -0.15) is 5.26 Å². The molecule has 0 unspecified atom stereocenters. The van der Waals surface area contributed by atoms with Crippen LogP contribution in [0.1, 0.15) is 5.56 Å². The smallest absolute Gasteiger partial charge is 0.262 e. The summed E-state index contributed by atoms with van der Waals surface area (Å²) in [4.78, 5) is 11.7. The van der Waals surface area contributed by atoms with Crippen molar-refractivity contribution in [3.8, 4) is 6.07 Å². The molecule has 0 saturated heterocycles. The van der Waals surface area contributed by atoms with Crippen LogP contribution in [0.4, 0.5) is 0 Å². The molecular formula is C13H12Cl2N2O2. The number of nitrogens with zero attached hydrogens (tertiary/aromatic N) is 1. The van der Waals surface area contributed by atoms with Crippen molar-refractivity contribution in [3.63, 3.8) is 0 Å². The van der Waals surface area contributed by atoms with Crippen molar-refractivity contribution in [2.24, 2.45) is 0 Å². The van der Waals surface area contributed by atoms with Crippen molar-refractivity contribution in [2.75, 3.05) is 20.3 Å². The molecule has 1 aromatic rings. The van der Waals surface area contributed by atoms with Gasteiger partial charge in [-0.15, -0.1) is 0 Å². The number of halogens is 2. The molecule has 0 atom stereocenters. The van der Waals surface area contributed by atoms with Gasteiger partial charge in [0.2, 0.25) is 0 Å². The Labute approximate surface area is 121 Å². The minimum absolute atomic E-state index is 0.00510. The third-order valence-electron chi connectivity index (χ3n) is 2.21. The van der Waals surface area contributed by atoms with Gasteiger partial charge >= 0.3 is 0 Å². The van der Waals surface area contributed by atoms with Gasteiger partial charge in [0.1, 0.15) is 11.6 Å². The molecule has 1 N–H and O–H groups in total. The minimum Gasteiger partial charge on any atom is -0.383 e. The number of benzene rings is 1. The molecule has 0 aliphatic heterocycles. The molecule has 0 fully saturated rings. The third kappa shape index (κ3) is 4.92. The van der Waals surface area contributed by atoms with Crippen LogP contribution in [0.15, 0.2) is 23.8 Å². The first kappa shape index (κ1) is 15.5. The maximum atomic E-state index is 11.7. The molecule has 1 amide bonds. The second-order valence-corrected chi connectivity index (χ2v) is 4.41. The molecule has 6 heteroatoms. The fourth-order valence-corrected chi connectivity index (χ4v) is 1.59. The molecule has 4 nitrogen and oxygen atoms in total. The largest absolute Gasteiger partial charge is 0.383 e. The van der Waals surface area contributed by atoms with E-state index in [0.29, 0.717) is 28.8 Å². The molecule has 0 spiro atoms. The Hall–Kier alpha value is -1.54. The molecule has 0 aromatic heterocycles. The van der Waals surface area contributed by atoms with Gasteiger partial charge in [0.25, 0.3) is 5.91 Å². The molecule has 0 saturated carbocycles. The first-order valence-corrected chi connectivity index (χ1v) is 6.18. The Bertz CT molecular complexity index is 536. The van der Waals surface area contributed by atoms with Crippen molar-refractivity contribution >= 4 is 35.2 Å². The standard InChI is InChI=1S/C13H12Cl2N2O2/c1-19-5-4-17-13(18)10(8-16)6-9-2-3-11(14)12(15)7-9/h2-3,6-7H,4-5H2,1H3,(H,17,18)/b10-6+. The zero-order valence-corrected chi connectivity index (χ0v) is 11.8. The number of ether oxygens (including phenoxy) is 1. The molecule has 0 bridgehead atoms. The van der Waals surface area contributed by atoms with Gasteiger partial charge in [-0.1, -0.05) is 29.3 Å². The third-order valence-corrected chi connectivity index (χ3v) is 2.95. The lowest BCUT2D eigenvalue weighted by atomic mass is 10.1. The Morgan fingerprint density at radius 2 is 2.21 bits per heavy atom. The van der Waals surface area contributed by atoms with Gasteiger partial charge in [0, 0.05) is 13.7 Å². The van der Waals surface area contributed by atoms with Crippen LogP contribution in [-0.2, 0) is 9.53 Å². The van der Waals surface area contributed by atoms with Gasteiger partial charge in [-0.3, -0.25) is 4.79 Å². The zero-order chi connectivity index (χ0) is 14.3. The molecule has 19 heavy (non-hydrogen) atoms. The Morgan fingerprint density at radius 3 is 2.79 bits per heavy atom. The molecule has 1 rings (SSSR count). The van der Waals surface area contributed by atoms with Crippen LogP contribution in [0.25, 0.3) is 6.08 Å². The normalized spacial score (nSPS) is 10.9. The van der Waals surface area contributed by atoms with Crippen molar-refractivity contribution in [2.45, 2.75) is 0 Å². The highest BCUT2D eigenvalue weighted by Gasteiger charge is 2.08. The Balaban J connectivity index is 2.84. The monoisotopic (exact) mass is 298 g/mol. The van der Waals surface area contributed by atoms with Crippen molar-refractivity contribution in [1.82, 2.24) is 5.32 Å². The lowest BCUT2D eigenvalue weighted by molar-refractivity contribution is -0.117. The SMILES string of the molecule is COCCNC(=O)/C(C#N)=C/c1ccc(Cl)c(Cl)c1. The summed E-state index contributed by atoms with van der Waals surface area (Å²) in [5.41, 5.74) is 0.627. The van der Waals surface area contributed by atoms with Crippen LogP contribution in [-0.4, -0.2) is 26.2 Å². The summed E-state index contributed by atoms with van der Waals surface area (Å²) in [6, 6.07) is 6.71. The predicted octanol–water partition coefficient (Wildman–Crippen LogP) is 2.66. The van der Waals surface area contributed by atoms with Gasteiger partial charge < -0.3 is 10.1 Å². The zero-order valence-electron chi connectivity index (χ0n) is 10.2. The van der Waals surface area contributed by atoms with Gasteiger partial charge in [0.15, 0.2) is 0 Å². The van der Waals surface area contributed by atoms with Crippen LogP contribution >= 0.6 is 23.2 Å². The first-order valence-electron chi connectivity index (χ1n) is 5.42. The van der Waals surface area contributed by atoms with Gasteiger partial charge in [0.05, 0.1) is 16.7 Å². The highest BCUT2D eigenvalue weighted by Crippen LogP contribution is 2.23. The number of nitriles is 1. The van der Waals surface area contributed by atoms with Crippen molar-refractivity contribution in [3.05, 3.63) is 39.4 Å². The van der Waals surface area contributed by atoms with E-state index < -0.39 is 5.91 Å². The molecule has 1 aromatic carbocycles. The fraction of sp³-hybridized carbons (Fsp3) is 0.231. The van der Waals surface area contributed by atoms with Gasteiger partial charge in [-0.05, 0) is 23.8 Å². The molecule has 0 radical (unpaired) electrons. The average Bonchev–Trinajstić information content (AvgIpc) is 2.40. The van der Waals surface area contributed by atoms with Crippen LogP contribution in [0.2, 0.25) is 10.0 Å². The highest BCUT2D eigenvalue weighted by molar-refractivity contribution is 6.42. The van der Waals surface area contributed by atoms with E-state index in [1.165, 1.54) is 13.2 Å². The maximum Gasteiger partial charge on any atom is 0.262 e. The number of amides is 1. The Morgan fingerprint density at radius 1 is 1.47 bits per heavy atom. The quantitative estimate of drug-likeness (QED) is 0.516. The summed E-state index contributed by atoms with van der Waals surface area (Å²) in [6.07, 6.45) is 1.45. The van der Waals surface area contributed by atoms with E-state index in [9.17, 15) is 4.79 Å². The fourth-order valence-electron chi connectivity index (χ4n) is 1.28. The first-order chi connectivity index (χ1) is 9.08. The maximum absolute atomic E-state index is 11.7. The Kier molecular flexibility index (Phi) is 6.37. The summed E-state index contributed by atoms with van der Waals surface area (Å²) in [5, 5.41) is 12.3. The van der Waals surface area contributed by atoms with E-state index in [1.807, 2.05) is 6.07 Å². The molecule has 0 heterocycles. The number of carbonyl (C=O) groups is 1. The van der Waals surface area contributed by atoms with E-state index in [1.54, 1.807) is 18.2 Å². The van der Waals surface area contributed by atoms with E-state index in [2.05, 4.69) is 5.32 Å². The number of hydrogen-bond donors (Lipinski definition) is 1. The number of methoxy groups -OCH3 is 1. The highest BCUT2D eigenvalue weighted by atomic mass is 35.5. The summed E-state index contributed by atoms with van der Waals surface area (Å²) in [7, 11) is 1.53. The van der Waals surface area contributed by atoms with E-state index >= 15 is 0 Å². The molecule has 0 aliphatic carbocycles. The number of rotatable bonds is 5. The van der Waals surface area contributed by atoms with E-state index in [4.69, 9.17) is 33.2 Å². The predicted molar refractivity (Wildman–Crippen MR) is 74.9 cm³/mol. The summed E-state index contributed by atoms with van der Waals surface area (Å²) in [5.74, 6) is -0.453. The summed E-state index contributed by atoms with van der Waals surface area (Å²) >= 11 is 11.6. The number of hydrogen-bond acceptors (Lipinski definition) is 3. The van der Waals surface area contributed by atoms with Crippen LogP contribution in [0.5, 0.6) is 0 Å². The molecule has 0 aliphatic rings. The molecular weight excluding hydrogens is 287 g/mol. The molecule has 100 valence electrons. The van der Waals surface area contributed by atoms with Crippen LogP contribution < -0.4 is 5.32 Å². The topological polar surface area (TPSA) is 62.1 Å². The van der Waals surface area contributed by atoms with E-state index in [-0.39, 0.29) is 5.57 Å².